The van der Waals surface area contributed by atoms with E-state index in [0.29, 0.717) is 0 Å². The molecule has 2 heteroatoms. The molecular formula is C6H8N2. The molecule has 42 valence electrons. The largest absolute Gasteiger partial charge is 0.282 e. The molecule has 0 spiro atoms. The second kappa shape index (κ2) is 1.06. The molecule has 8 heavy (non-hydrogen) atoms. The van der Waals surface area contributed by atoms with Gasteiger partial charge in [0.2, 0.25) is 0 Å². The quantitative estimate of drug-likeness (QED) is 0.419. The van der Waals surface area contributed by atoms with Gasteiger partial charge in [-0.1, -0.05) is 0 Å². The predicted octanol–water partition coefficient (Wildman–Crippen LogP) is 0.358. The van der Waals surface area contributed by atoms with Gasteiger partial charge in [-0.2, -0.15) is 5.26 Å². The Bertz CT molecular complexity index is 158. The summed E-state index contributed by atoms with van der Waals surface area (Å²) in [5, 5.41) is 8.58. The molecule has 2 fully saturated rings. The van der Waals surface area contributed by atoms with Gasteiger partial charge in [-0.3, -0.25) is 4.90 Å². The van der Waals surface area contributed by atoms with Gasteiger partial charge in [0.05, 0.1) is 6.07 Å². The van der Waals surface area contributed by atoms with Gasteiger partial charge < -0.3 is 0 Å². The van der Waals surface area contributed by atoms with Crippen molar-refractivity contribution in [3.8, 4) is 6.07 Å². The van der Waals surface area contributed by atoms with Crippen molar-refractivity contribution in [2.24, 2.45) is 0 Å². The van der Waals surface area contributed by atoms with Gasteiger partial charge in [-0.25, -0.2) is 0 Å². The lowest BCUT2D eigenvalue weighted by Gasteiger charge is -1.91. The average Bonchev–Trinajstić information content (AvgIpc) is 2.38. The van der Waals surface area contributed by atoms with Crippen molar-refractivity contribution in [1.82, 2.24) is 4.90 Å². The highest BCUT2D eigenvalue weighted by molar-refractivity contribution is 5.24. The zero-order chi connectivity index (χ0) is 5.61. The van der Waals surface area contributed by atoms with Gasteiger partial charge in [-0.05, 0) is 19.4 Å². The van der Waals surface area contributed by atoms with E-state index in [9.17, 15) is 0 Å². The number of fused-ring (bicyclic) bond motifs is 1. The van der Waals surface area contributed by atoms with E-state index in [1.165, 1.54) is 6.42 Å². The van der Waals surface area contributed by atoms with Crippen molar-refractivity contribution in [3.05, 3.63) is 0 Å². The first kappa shape index (κ1) is 4.34. The van der Waals surface area contributed by atoms with Gasteiger partial charge in [0.1, 0.15) is 5.54 Å². The van der Waals surface area contributed by atoms with E-state index in [2.05, 4.69) is 11.0 Å². The van der Waals surface area contributed by atoms with Crippen LogP contribution in [0, 0.1) is 11.3 Å². The minimum absolute atomic E-state index is 0.0417. The Hall–Kier alpha value is -0.550. The molecule has 2 atom stereocenters. The van der Waals surface area contributed by atoms with Gasteiger partial charge in [0.25, 0.3) is 0 Å². The maximum Gasteiger partial charge on any atom is 0.122 e. The van der Waals surface area contributed by atoms with E-state index >= 15 is 0 Å². The van der Waals surface area contributed by atoms with Crippen LogP contribution in [0.3, 0.4) is 0 Å². The minimum atomic E-state index is 0.0417. The van der Waals surface area contributed by atoms with Crippen LogP contribution >= 0.6 is 0 Å². The van der Waals surface area contributed by atoms with Crippen molar-refractivity contribution in [2.45, 2.75) is 18.4 Å². The average molecular weight is 108 g/mol. The molecule has 2 nitrogen and oxygen atoms in total. The molecule has 0 N–H and O–H groups in total. The highest BCUT2D eigenvalue weighted by Gasteiger charge is 2.55. The first-order valence-corrected chi connectivity index (χ1v) is 3.04. The zero-order valence-electron chi connectivity index (χ0n) is 4.72. The smallest absolute Gasteiger partial charge is 0.122 e. The van der Waals surface area contributed by atoms with Crippen molar-refractivity contribution >= 4 is 0 Å². The number of nitrogens with zero attached hydrogens (tertiary/aromatic N) is 2. The molecule has 0 bridgehead atoms. The summed E-state index contributed by atoms with van der Waals surface area (Å²) in [6.45, 7) is 2.21. The predicted molar refractivity (Wildman–Crippen MR) is 29.2 cm³/mol. The lowest BCUT2D eigenvalue weighted by Crippen LogP contribution is -2.06. The first-order valence-electron chi connectivity index (χ1n) is 3.04. The number of hydrogen-bond acceptors (Lipinski definition) is 2. The third-order valence-corrected chi connectivity index (χ3v) is 2.18. The Labute approximate surface area is 48.7 Å². The summed E-state index contributed by atoms with van der Waals surface area (Å²) in [6, 6.07) is 2.34. The van der Waals surface area contributed by atoms with Gasteiger partial charge in [0.15, 0.2) is 0 Å². The normalized spacial score (nSPS) is 50.1. The van der Waals surface area contributed by atoms with E-state index in [4.69, 9.17) is 5.26 Å². The number of rotatable bonds is 0. The molecule has 0 radical (unpaired) electrons. The van der Waals surface area contributed by atoms with Crippen LogP contribution in [-0.4, -0.2) is 23.5 Å². The molecule has 0 amide bonds. The number of nitriles is 1. The maximum absolute atomic E-state index is 8.58. The third kappa shape index (κ3) is 0.317. The molecule has 2 aliphatic rings. The van der Waals surface area contributed by atoms with E-state index < -0.39 is 0 Å². The molecule has 0 aromatic carbocycles. The molecule has 2 rings (SSSR count). The van der Waals surface area contributed by atoms with Crippen LogP contribution in [0.2, 0.25) is 0 Å². The first-order chi connectivity index (χ1) is 3.87. The minimum Gasteiger partial charge on any atom is -0.282 e. The number of piperidine rings is 1. The van der Waals surface area contributed by atoms with Gasteiger partial charge in [0, 0.05) is 6.54 Å². The molecular weight excluding hydrogens is 100 g/mol. The second-order valence-electron chi connectivity index (χ2n) is 2.67. The van der Waals surface area contributed by atoms with Crippen LogP contribution < -0.4 is 0 Å². The summed E-state index contributed by atoms with van der Waals surface area (Å²) >= 11 is 0. The maximum atomic E-state index is 8.58. The van der Waals surface area contributed by atoms with Crippen LogP contribution in [0.25, 0.3) is 0 Å². The monoisotopic (exact) mass is 108 g/mol. The van der Waals surface area contributed by atoms with Crippen LogP contribution in [0.4, 0.5) is 0 Å². The van der Waals surface area contributed by atoms with Crippen LogP contribution in [0.5, 0.6) is 0 Å². The summed E-state index contributed by atoms with van der Waals surface area (Å²) in [5.41, 5.74) is 0.0417. The highest BCUT2D eigenvalue weighted by atomic mass is 15.4. The highest BCUT2D eigenvalue weighted by Crippen LogP contribution is 2.41. The zero-order valence-corrected chi connectivity index (χ0v) is 4.72. The lowest BCUT2D eigenvalue weighted by atomic mass is 10.1. The molecule has 2 saturated heterocycles. The summed E-state index contributed by atoms with van der Waals surface area (Å²) in [4.78, 5) is 2.24. The summed E-state index contributed by atoms with van der Waals surface area (Å²) in [7, 11) is 0. The summed E-state index contributed by atoms with van der Waals surface area (Å²) in [5.74, 6) is 0. The molecule has 0 saturated carbocycles. The van der Waals surface area contributed by atoms with E-state index in [-0.39, 0.29) is 5.54 Å². The molecule has 2 aliphatic heterocycles. The van der Waals surface area contributed by atoms with Crippen molar-refractivity contribution in [1.29, 1.82) is 5.26 Å². The Morgan fingerprint density at radius 1 is 1.62 bits per heavy atom. The van der Waals surface area contributed by atoms with Crippen LogP contribution in [0.15, 0.2) is 0 Å². The fourth-order valence-electron chi connectivity index (χ4n) is 1.53. The van der Waals surface area contributed by atoms with E-state index in [0.717, 1.165) is 19.5 Å². The lowest BCUT2D eigenvalue weighted by molar-refractivity contribution is 0.561. The van der Waals surface area contributed by atoms with Crippen LogP contribution in [0.1, 0.15) is 12.8 Å². The van der Waals surface area contributed by atoms with E-state index in [1.54, 1.807) is 0 Å². The standard InChI is InChI=1S/C6H8N2/c7-4-6-2-1-3-8(6)5-6/h1-3,5H2. The fourth-order valence-corrected chi connectivity index (χ4v) is 1.53. The third-order valence-electron chi connectivity index (χ3n) is 2.18. The Kier molecular flexibility index (Phi) is 0.575. The summed E-state index contributed by atoms with van der Waals surface area (Å²) < 4.78 is 0. The van der Waals surface area contributed by atoms with Crippen molar-refractivity contribution < 1.29 is 0 Å². The molecule has 0 aliphatic carbocycles. The topological polar surface area (TPSA) is 26.8 Å². The Balaban J connectivity index is 2.22. The van der Waals surface area contributed by atoms with Crippen molar-refractivity contribution in [2.75, 3.05) is 13.1 Å². The summed E-state index contributed by atoms with van der Waals surface area (Å²) in [6.07, 6.45) is 2.34. The second-order valence-corrected chi connectivity index (χ2v) is 2.67. The van der Waals surface area contributed by atoms with Gasteiger partial charge >= 0.3 is 0 Å². The van der Waals surface area contributed by atoms with Crippen LogP contribution in [-0.2, 0) is 0 Å². The Morgan fingerprint density at radius 3 is 2.75 bits per heavy atom. The fraction of sp³-hybridized carbons (Fsp3) is 0.833. The number of hydrogen-bond donors (Lipinski definition) is 0. The Morgan fingerprint density at radius 2 is 2.50 bits per heavy atom. The van der Waals surface area contributed by atoms with Crippen molar-refractivity contribution in [3.63, 3.8) is 0 Å². The van der Waals surface area contributed by atoms with Gasteiger partial charge in [-0.15, -0.1) is 0 Å². The molecule has 0 aromatic rings. The molecule has 0 aromatic heterocycles. The SMILES string of the molecule is N#CC12CCCN1C2. The molecule has 2 unspecified atom stereocenters. The molecule has 2 heterocycles. The van der Waals surface area contributed by atoms with E-state index in [1.807, 2.05) is 0 Å².